The quantitative estimate of drug-likeness (QED) is 0.121. The second kappa shape index (κ2) is 18.1. The predicted molar refractivity (Wildman–Crippen MR) is 199 cm³/mol. The van der Waals surface area contributed by atoms with Crippen LogP contribution in [0.25, 0.3) is 20.9 Å². The van der Waals surface area contributed by atoms with Crippen molar-refractivity contribution >= 4 is 46.6 Å². The number of ether oxygens (including phenoxy) is 2. The van der Waals surface area contributed by atoms with Gasteiger partial charge in [0.25, 0.3) is 0 Å². The number of halogens is 3. The number of amides is 2. The predicted octanol–water partition coefficient (Wildman–Crippen LogP) is 5.85. The zero-order valence-corrected chi connectivity index (χ0v) is 31.9. The lowest BCUT2D eigenvalue weighted by molar-refractivity contribution is -0.192. The van der Waals surface area contributed by atoms with E-state index in [-0.39, 0.29) is 23.9 Å². The molecule has 2 amide bonds. The molecule has 0 unspecified atom stereocenters. The van der Waals surface area contributed by atoms with Crippen molar-refractivity contribution in [1.82, 2.24) is 31.2 Å². The number of thiazole rings is 2. The highest BCUT2D eigenvalue weighted by molar-refractivity contribution is 7.13. The standard InChI is InChI=1S/C35H40N6O5S2.C2HF3O2/c1-19(23-5-9-25(10-6-23)31-21(3)38-17-47-31)40-33(42)29-13-27(15-36-29)45-35(44)46-28-14-30(37-16-28)34(43)41-20(2)24-7-11-26(12-8-24)32-22(4)39-18-48-32;3-2(4,5)1(6)7/h5-12,17-20,27-30,36-37H,13-16H2,1-4H3,(H,40,42)(H,41,43);(H,6,7)/t19-,20-,27+,28+,29-,30-;/m0./s1. The van der Waals surface area contributed by atoms with Crippen molar-refractivity contribution in [3.63, 3.8) is 0 Å². The molecule has 0 spiro atoms. The Morgan fingerprint density at radius 1 is 0.745 bits per heavy atom. The maximum absolute atomic E-state index is 13.0. The molecule has 4 aromatic rings. The molecule has 2 saturated heterocycles. The van der Waals surface area contributed by atoms with Crippen LogP contribution in [0.2, 0.25) is 0 Å². The zero-order valence-electron chi connectivity index (χ0n) is 30.3. The van der Waals surface area contributed by atoms with Crippen LogP contribution in [-0.4, -0.2) is 82.6 Å². The van der Waals surface area contributed by atoms with E-state index in [9.17, 15) is 27.6 Å². The molecule has 2 aliphatic rings. The van der Waals surface area contributed by atoms with Gasteiger partial charge in [0, 0.05) is 25.9 Å². The normalized spacial score (nSPS) is 20.4. The molecule has 0 bridgehead atoms. The first-order chi connectivity index (χ1) is 26.1. The Balaban J connectivity index is 0.000000757. The van der Waals surface area contributed by atoms with E-state index in [4.69, 9.17) is 19.4 Å². The number of carboxylic acid groups (broad SMARTS) is 1. The van der Waals surface area contributed by atoms with Crippen LogP contribution in [0.1, 0.15) is 61.3 Å². The lowest BCUT2D eigenvalue weighted by Gasteiger charge is -2.18. The van der Waals surface area contributed by atoms with Gasteiger partial charge in [-0.15, -0.1) is 22.7 Å². The number of carbonyl (C=O) groups is 4. The first-order valence-corrected chi connectivity index (χ1v) is 19.1. The van der Waals surface area contributed by atoms with Gasteiger partial charge in [-0.2, -0.15) is 13.2 Å². The Morgan fingerprint density at radius 3 is 1.42 bits per heavy atom. The molecule has 294 valence electrons. The topological polar surface area (TPSA) is 181 Å². The Labute approximate surface area is 323 Å². The van der Waals surface area contributed by atoms with Crippen molar-refractivity contribution in [3.8, 4) is 20.9 Å². The molecule has 2 fully saturated rings. The van der Waals surface area contributed by atoms with Crippen molar-refractivity contribution in [3.05, 3.63) is 82.1 Å². The number of aliphatic carboxylic acids is 1. The van der Waals surface area contributed by atoms with E-state index < -0.39 is 42.6 Å². The number of nitrogens with one attached hydrogen (secondary N) is 4. The lowest BCUT2D eigenvalue weighted by atomic mass is 10.0. The lowest BCUT2D eigenvalue weighted by Crippen LogP contribution is -2.41. The van der Waals surface area contributed by atoms with Crippen LogP contribution in [0.4, 0.5) is 18.0 Å². The second-order valence-corrected chi connectivity index (χ2v) is 14.9. The summed E-state index contributed by atoms with van der Waals surface area (Å²) in [4.78, 5) is 58.4. The average molecular weight is 803 g/mol. The van der Waals surface area contributed by atoms with Gasteiger partial charge in [0.15, 0.2) is 0 Å². The van der Waals surface area contributed by atoms with Crippen LogP contribution in [-0.2, 0) is 23.9 Å². The molecule has 0 saturated carbocycles. The highest BCUT2D eigenvalue weighted by Gasteiger charge is 2.38. The third kappa shape index (κ3) is 11.1. The summed E-state index contributed by atoms with van der Waals surface area (Å²) in [5.74, 6) is -3.07. The van der Waals surface area contributed by atoms with Crippen molar-refractivity contribution in [2.45, 2.75) is 83.1 Å². The van der Waals surface area contributed by atoms with Crippen LogP contribution in [0.5, 0.6) is 0 Å². The third-order valence-corrected chi connectivity index (χ3v) is 11.1. The number of rotatable bonds is 10. The number of nitrogens with zero attached hydrogens (tertiary/aromatic N) is 2. The third-order valence-electron chi connectivity index (χ3n) is 9.14. The van der Waals surface area contributed by atoms with Crippen LogP contribution in [0.15, 0.2) is 59.6 Å². The van der Waals surface area contributed by atoms with E-state index in [1.807, 2.05) is 87.2 Å². The number of carbonyl (C=O) groups excluding carboxylic acids is 3. The summed E-state index contributed by atoms with van der Waals surface area (Å²) >= 11 is 3.21. The summed E-state index contributed by atoms with van der Waals surface area (Å²) in [6, 6.07) is 14.9. The van der Waals surface area contributed by atoms with Crippen LogP contribution < -0.4 is 21.3 Å². The zero-order chi connectivity index (χ0) is 39.9. The van der Waals surface area contributed by atoms with Gasteiger partial charge in [-0.3, -0.25) is 9.59 Å². The monoisotopic (exact) mass is 802 g/mol. The Hall–Kier alpha value is -4.91. The number of benzene rings is 2. The summed E-state index contributed by atoms with van der Waals surface area (Å²) in [5.41, 5.74) is 9.86. The van der Waals surface area contributed by atoms with E-state index in [0.29, 0.717) is 25.9 Å². The van der Waals surface area contributed by atoms with Gasteiger partial charge in [-0.05, 0) is 49.9 Å². The molecule has 18 heteroatoms. The number of aromatic nitrogens is 2. The molecule has 13 nitrogen and oxygen atoms in total. The fraction of sp³-hybridized carbons (Fsp3) is 0.405. The summed E-state index contributed by atoms with van der Waals surface area (Å²) < 4.78 is 42.8. The maximum atomic E-state index is 13.0. The molecule has 0 aliphatic carbocycles. The van der Waals surface area contributed by atoms with Gasteiger partial charge in [0.05, 0.1) is 56.3 Å². The van der Waals surface area contributed by atoms with Crippen LogP contribution in [0, 0.1) is 13.8 Å². The molecular formula is C37H41F3N6O7S2. The largest absolute Gasteiger partial charge is 0.508 e. The number of carboxylic acids is 1. The Morgan fingerprint density at radius 2 is 1.11 bits per heavy atom. The molecule has 5 N–H and O–H groups in total. The van der Waals surface area contributed by atoms with E-state index in [0.717, 1.165) is 43.4 Å². The SMILES string of the molecule is Cc1ncsc1-c1ccc([C@H](C)NC(=O)[C@@H]2C[C@@H](OC(=O)O[C@H]3CN[C@H](C(=O)N[C@@H](C)c4ccc(-c5scnc5C)cc4)C3)CN2)cc1.O=C(O)C(F)(F)F. The van der Waals surface area contributed by atoms with E-state index in [2.05, 4.69) is 31.2 Å². The second-order valence-electron chi connectivity index (χ2n) is 13.2. The van der Waals surface area contributed by atoms with E-state index in [1.54, 1.807) is 22.7 Å². The molecular weight excluding hydrogens is 762 g/mol. The first kappa shape index (κ1) is 41.3. The van der Waals surface area contributed by atoms with Gasteiger partial charge < -0.3 is 35.8 Å². The van der Waals surface area contributed by atoms with E-state index in [1.165, 1.54) is 0 Å². The summed E-state index contributed by atoms with van der Waals surface area (Å²) in [7, 11) is 0. The minimum atomic E-state index is -5.08. The maximum Gasteiger partial charge on any atom is 0.508 e. The van der Waals surface area contributed by atoms with Gasteiger partial charge in [0.2, 0.25) is 11.8 Å². The highest BCUT2D eigenvalue weighted by atomic mass is 32.1. The molecule has 55 heavy (non-hydrogen) atoms. The minimum absolute atomic E-state index is 0.154. The minimum Gasteiger partial charge on any atom is -0.475 e. The molecule has 2 aromatic carbocycles. The van der Waals surface area contributed by atoms with Crippen LogP contribution in [0.3, 0.4) is 0 Å². The van der Waals surface area contributed by atoms with Gasteiger partial charge in [-0.25, -0.2) is 19.6 Å². The fourth-order valence-electron chi connectivity index (χ4n) is 6.08. The van der Waals surface area contributed by atoms with Gasteiger partial charge >= 0.3 is 18.3 Å². The summed E-state index contributed by atoms with van der Waals surface area (Å²) in [6.45, 7) is 8.56. The molecule has 6 rings (SSSR count). The van der Waals surface area contributed by atoms with Crippen LogP contribution >= 0.6 is 22.7 Å². The van der Waals surface area contributed by atoms with Gasteiger partial charge in [-0.1, -0.05) is 48.5 Å². The number of hydrogen-bond donors (Lipinski definition) is 5. The summed E-state index contributed by atoms with van der Waals surface area (Å²) in [6.07, 6.45) is -6.19. The first-order valence-electron chi connectivity index (χ1n) is 17.3. The average Bonchev–Trinajstić information content (AvgIpc) is 3.97. The molecule has 0 radical (unpaired) electrons. The fourth-order valence-corrected chi connectivity index (χ4v) is 7.71. The molecule has 4 heterocycles. The Kier molecular flexibility index (Phi) is 13.6. The highest BCUT2D eigenvalue weighted by Crippen LogP contribution is 2.30. The van der Waals surface area contributed by atoms with Crippen molar-refractivity contribution in [2.75, 3.05) is 13.1 Å². The van der Waals surface area contributed by atoms with Gasteiger partial charge in [0.1, 0.15) is 12.2 Å². The van der Waals surface area contributed by atoms with E-state index >= 15 is 0 Å². The molecule has 6 atom stereocenters. The number of hydrogen-bond acceptors (Lipinski definition) is 12. The van der Waals surface area contributed by atoms with Crippen molar-refractivity contribution < 1.29 is 46.9 Å². The summed E-state index contributed by atoms with van der Waals surface area (Å²) in [5, 5.41) is 19.5. The van der Waals surface area contributed by atoms with Crippen molar-refractivity contribution in [1.29, 1.82) is 0 Å². The number of aryl methyl sites for hydroxylation is 2. The smallest absolute Gasteiger partial charge is 0.475 e. The van der Waals surface area contributed by atoms with Crippen molar-refractivity contribution in [2.24, 2.45) is 0 Å². The Bertz CT molecular complexity index is 1830. The molecule has 2 aliphatic heterocycles. The molecule has 2 aromatic heterocycles. The number of alkyl halides is 3.